The van der Waals surface area contributed by atoms with Crippen molar-refractivity contribution in [2.45, 2.75) is 24.9 Å². The molecule has 1 amide bonds. The molecule has 8 nitrogen and oxygen atoms in total. The van der Waals surface area contributed by atoms with Gasteiger partial charge in [-0.25, -0.2) is 4.98 Å². The summed E-state index contributed by atoms with van der Waals surface area (Å²) in [5.41, 5.74) is 6.57. The van der Waals surface area contributed by atoms with E-state index < -0.39 is 11.5 Å². The van der Waals surface area contributed by atoms with Gasteiger partial charge in [-0.2, -0.15) is 0 Å². The summed E-state index contributed by atoms with van der Waals surface area (Å²) in [4.78, 5) is 30.1. The van der Waals surface area contributed by atoms with Gasteiger partial charge in [-0.15, -0.1) is 0 Å². The van der Waals surface area contributed by atoms with Gasteiger partial charge in [0.25, 0.3) is 11.5 Å². The van der Waals surface area contributed by atoms with Crippen LogP contribution < -0.4 is 21.9 Å². The van der Waals surface area contributed by atoms with Gasteiger partial charge < -0.3 is 21.5 Å². The standard InChI is InChI=1S/C22H21Cl2N5O3/c23-15-5-2-6-16(24)19(15)29-11-26-20(25)18(22(29)32)21(31)28-13-4-1-3-12(9-13)17-8-7-14(10-30)27-17/h1-6,9,11,14,17,27,30H,7-8,10,25H2,(H,28,31)/t14-,17-/m1/s1. The molecule has 5 N–H and O–H groups in total. The summed E-state index contributed by atoms with van der Waals surface area (Å²) in [6, 6.07) is 12.2. The number of aliphatic hydroxyl groups is 1. The number of para-hydroxylation sites is 1. The van der Waals surface area contributed by atoms with Crippen LogP contribution in [-0.4, -0.2) is 33.2 Å². The molecule has 166 valence electrons. The van der Waals surface area contributed by atoms with Gasteiger partial charge in [0.2, 0.25) is 0 Å². The molecule has 1 aliphatic heterocycles. The number of hydrogen-bond donors (Lipinski definition) is 4. The molecular weight excluding hydrogens is 453 g/mol. The number of benzene rings is 2. The predicted molar refractivity (Wildman–Crippen MR) is 125 cm³/mol. The number of aromatic nitrogens is 2. The van der Waals surface area contributed by atoms with E-state index in [0.717, 1.165) is 23.0 Å². The van der Waals surface area contributed by atoms with Gasteiger partial charge >= 0.3 is 0 Å². The maximum atomic E-state index is 13.1. The summed E-state index contributed by atoms with van der Waals surface area (Å²) in [6.07, 6.45) is 2.93. The van der Waals surface area contributed by atoms with Crippen LogP contribution in [0.2, 0.25) is 10.0 Å². The Bertz CT molecular complexity index is 1210. The van der Waals surface area contributed by atoms with Gasteiger partial charge in [-0.1, -0.05) is 41.4 Å². The minimum absolute atomic E-state index is 0.0588. The number of nitrogens with one attached hydrogen (secondary N) is 2. The Morgan fingerprint density at radius 1 is 1.22 bits per heavy atom. The molecular formula is C22H21Cl2N5O3. The van der Waals surface area contributed by atoms with Crippen LogP contribution in [0.1, 0.15) is 34.8 Å². The zero-order valence-electron chi connectivity index (χ0n) is 16.9. The number of nitrogens with zero attached hydrogens (tertiary/aromatic N) is 2. The van der Waals surface area contributed by atoms with Crippen LogP contribution in [0.15, 0.2) is 53.6 Å². The fourth-order valence-corrected chi connectivity index (χ4v) is 4.39. The van der Waals surface area contributed by atoms with Crippen LogP contribution in [-0.2, 0) is 0 Å². The molecule has 0 aliphatic carbocycles. The topological polar surface area (TPSA) is 122 Å². The van der Waals surface area contributed by atoms with E-state index in [0.29, 0.717) is 5.69 Å². The normalized spacial score (nSPS) is 18.0. The van der Waals surface area contributed by atoms with Crippen molar-refractivity contribution >= 4 is 40.6 Å². The maximum absolute atomic E-state index is 13.1. The molecule has 0 radical (unpaired) electrons. The average molecular weight is 474 g/mol. The lowest BCUT2D eigenvalue weighted by molar-refractivity contribution is 0.102. The van der Waals surface area contributed by atoms with Crippen LogP contribution in [0.25, 0.3) is 5.69 Å². The van der Waals surface area contributed by atoms with Crippen LogP contribution in [0.5, 0.6) is 0 Å². The Labute approximate surface area is 194 Å². The van der Waals surface area contributed by atoms with Gasteiger partial charge in [0.1, 0.15) is 17.7 Å². The number of amides is 1. The van der Waals surface area contributed by atoms with Crippen molar-refractivity contribution in [1.29, 1.82) is 0 Å². The fraction of sp³-hybridized carbons (Fsp3) is 0.227. The van der Waals surface area contributed by atoms with E-state index in [2.05, 4.69) is 15.6 Å². The molecule has 10 heteroatoms. The Morgan fingerprint density at radius 2 is 1.94 bits per heavy atom. The van der Waals surface area contributed by atoms with Crippen molar-refractivity contribution in [3.05, 3.63) is 80.3 Å². The molecule has 1 aromatic heterocycles. The lowest BCUT2D eigenvalue weighted by Gasteiger charge is -2.15. The number of anilines is 2. The summed E-state index contributed by atoms with van der Waals surface area (Å²) in [6.45, 7) is 0.0783. The maximum Gasteiger partial charge on any atom is 0.273 e. The van der Waals surface area contributed by atoms with E-state index in [1.54, 1.807) is 24.3 Å². The second kappa shape index (κ2) is 9.30. The molecule has 3 aromatic rings. The molecule has 1 fully saturated rings. The fourth-order valence-electron chi connectivity index (χ4n) is 3.81. The van der Waals surface area contributed by atoms with E-state index in [-0.39, 0.29) is 45.8 Å². The zero-order chi connectivity index (χ0) is 22.8. The second-order valence-corrected chi connectivity index (χ2v) is 8.32. The molecule has 0 saturated carbocycles. The number of rotatable bonds is 5. The van der Waals surface area contributed by atoms with E-state index >= 15 is 0 Å². The third-order valence-electron chi connectivity index (χ3n) is 5.41. The van der Waals surface area contributed by atoms with E-state index in [9.17, 15) is 14.7 Å². The number of carbonyl (C=O) groups excluding carboxylic acids is 1. The lowest BCUT2D eigenvalue weighted by atomic mass is 10.0. The van der Waals surface area contributed by atoms with Crippen molar-refractivity contribution in [1.82, 2.24) is 14.9 Å². The predicted octanol–water partition coefficient (Wildman–Crippen LogP) is 3.16. The molecule has 32 heavy (non-hydrogen) atoms. The van der Waals surface area contributed by atoms with Crippen molar-refractivity contribution < 1.29 is 9.90 Å². The van der Waals surface area contributed by atoms with Crippen molar-refractivity contribution in [2.75, 3.05) is 17.7 Å². The van der Waals surface area contributed by atoms with Crippen molar-refractivity contribution in [3.63, 3.8) is 0 Å². The van der Waals surface area contributed by atoms with Crippen LogP contribution in [0.4, 0.5) is 11.5 Å². The highest BCUT2D eigenvalue weighted by Crippen LogP contribution is 2.29. The number of hydrogen-bond acceptors (Lipinski definition) is 6. The summed E-state index contributed by atoms with van der Waals surface area (Å²) in [5, 5.41) is 15.9. The molecule has 0 spiro atoms. The molecule has 0 unspecified atom stereocenters. The van der Waals surface area contributed by atoms with Gasteiger partial charge in [-0.05, 0) is 42.7 Å². The molecule has 0 bridgehead atoms. The number of halogens is 2. The molecule has 2 heterocycles. The van der Waals surface area contributed by atoms with Gasteiger partial charge in [0.05, 0.1) is 22.3 Å². The first-order valence-electron chi connectivity index (χ1n) is 9.98. The van der Waals surface area contributed by atoms with Gasteiger partial charge in [0, 0.05) is 17.8 Å². The van der Waals surface area contributed by atoms with Crippen LogP contribution in [0, 0.1) is 0 Å². The van der Waals surface area contributed by atoms with Crippen molar-refractivity contribution in [3.8, 4) is 5.69 Å². The van der Waals surface area contributed by atoms with Crippen LogP contribution in [0.3, 0.4) is 0 Å². The third kappa shape index (κ3) is 4.35. The number of nitrogen functional groups attached to an aromatic ring is 1. The summed E-state index contributed by atoms with van der Waals surface area (Å²) in [7, 11) is 0. The molecule has 1 aliphatic rings. The Balaban J connectivity index is 1.64. The monoisotopic (exact) mass is 473 g/mol. The Hall–Kier alpha value is -2.91. The number of aliphatic hydroxyl groups excluding tert-OH is 1. The zero-order valence-corrected chi connectivity index (χ0v) is 18.4. The summed E-state index contributed by atoms with van der Waals surface area (Å²) in [5.74, 6) is -0.895. The van der Waals surface area contributed by atoms with Crippen molar-refractivity contribution in [2.24, 2.45) is 0 Å². The van der Waals surface area contributed by atoms with Crippen LogP contribution >= 0.6 is 23.2 Å². The second-order valence-electron chi connectivity index (χ2n) is 7.51. The minimum Gasteiger partial charge on any atom is -0.395 e. The SMILES string of the molecule is Nc1ncn(-c2c(Cl)cccc2Cl)c(=O)c1C(=O)Nc1cccc([C@H]2CC[C@H](CO)N2)c1. The van der Waals surface area contributed by atoms with Gasteiger partial charge in [0.15, 0.2) is 0 Å². The summed E-state index contributed by atoms with van der Waals surface area (Å²) >= 11 is 12.4. The highest BCUT2D eigenvalue weighted by Gasteiger charge is 2.25. The van der Waals surface area contributed by atoms with E-state index in [1.165, 1.54) is 6.33 Å². The highest BCUT2D eigenvalue weighted by molar-refractivity contribution is 6.37. The first-order valence-corrected chi connectivity index (χ1v) is 10.7. The molecule has 2 aromatic carbocycles. The number of nitrogens with two attached hydrogens (primary N) is 1. The van der Waals surface area contributed by atoms with E-state index in [1.807, 2.05) is 18.2 Å². The molecule has 4 rings (SSSR count). The Kier molecular flexibility index (Phi) is 6.48. The Morgan fingerprint density at radius 3 is 2.62 bits per heavy atom. The van der Waals surface area contributed by atoms with Gasteiger partial charge in [-0.3, -0.25) is 14.2 Å². The molecule has 1 saturated heterocycles. The minimum atomic E-state index is -0.692. The largest absolute Gasteiger partial charge is 0.395 e. The third-order valence-corrected chi connectivity index (χ3v) is 6.02. The highest BCUT2D eigenvalue weighted by atomic mass is 35.5. The number of carbonyl (C=O) groups is 1. The first kappa shape index (κ1) is 22.3. The quantitative estimate of drug-likeness (QED) is 0.451. The average Bonchev–Trinajstić information content (AvgIpc) is 3.25. The van der Waals surface area contributed by atoms with E-state index in [4.69, 9.17) is 28.9 Å². The molecule has 2 atom stereocenters. The first-order chi connectivity index (χ1) is 15.4. The lowest BCUT2D eigenvalue weighted by Crippen LogP contribution is -2.31. The smallest absolute Gasteiger partial charge is 0.273 e. The summed E-state index contributed by atoms with van der Waals surface area (Å²) < 4.78 is 1.10.